The van der Waals surface area contributed by atoms with E-state index in [1.807, 2.05) is 24.3 Å². The Morgan fingerprint density at radius 3 is 1.36 bits per heavy atom. The monoisotopic (exact) mass is 504 g/mol. The maximum atomic E-state index is 12.2. The lowest BCUT2D eigenvalue weighted by Gasteiger charge is -2.30. The van der Waals surface area contributed by atoms with Gasteiger partial charge in [-0.15, -0.1) is 0 Å². The van der Waals surface area contributed by atoms with Crippen LogP contribution in [-0.2, 0) is 39.6 Å². The van der Waals surface area contributed by atoms with Crippen molar-refractivity contribution in [3.05, 3.63) is 59.7 Å². The summed E-state index contributed by atoms with van der Waals surface area (Å²) in [5.41, 5.74) is 0.419. The quantitative estimate of drug-likeness (QED) is 0.190. The molecule has 2 N–H and O–H groups in total. The molecule has 0 aliphatic carbocycles. The van der Waals surface area contributed by atoms with Crippen molar-refractivity contribution in [2.24, 2.45) is 0 Å². The predicted octanol–water partition coefficient (Wildman–Crippen LogP) is 3.85. The van der Waals surface area contributed by atoms with Crippen molar-refractivity contribution in [1.82, 2.24) is 10.6 Å². The molecule has 0 unspecified atom stereocenters. The number of rotatable bonds is 12. The average Bonchev–Trinajstić information content (AvgIpc) is 2.78. The number of alkyl carbamates (subject to hydrolysis) is 2. The van der Waals surface area contributed by atoms with E-state index in [-0.39, 0.29) is 37.6 Å². The van der Waals surface area contributed by atoms with E-state index in [0.717, 1.165) is 11.1 Å². The number of hydrogen-bond donors (Lipinski definition) is 2. The Labute approximate surface area is 212 Å². The molecule has 0 aliphatic heterocycles. The highest BCUT2D eigenvalue weighted by Crippen LogP contribution is 2.27. The van der Waals surface area contributed by atoms with E-state index < -0.39 is 35.2 Å². The van der Waals surface area contributed by atoms with Crippen LogP contribution in [0.25, 0.3) is 0 Å². The van der Waals surface area contributed by atoms with Crippen LogP contribution >= 0.6 is 0 Å². The van der Waals surface area contributed by atoms with E-state index in [1.165, 1.54) is 13.8 Å². The van der Waals surface area contributed by atoms with Gasteiger partial charge in [0.1, 0.15) is 26.4 Å². The number of amides is 2. The molecule has 0 aromatic heterocycles. The second-order valence-corrected chi connectivity index (χ2v) is 9.19. The predicted molar refractivity (Wildman–Crippen MR) is 133 cm³/mol. The van der Waals surface area contributed by atoms with Crippen molar-refractivity contribution < 1.29 is 38.1 Å². The zero-order valence-corrected chi connectivity index (χ0v) is 21.8. The third kappa shape index (κ3) is 10.2. The summed E-state index contributed by atoms with van der Waals surface area (Å²) in [5, 5.41) is 5.55. The molecule has 1 aromatic rings. The summed E-state index contributed by atoms with van der Waals surface area (Å²) in [6.45, 7) is 16.8. The van der Waals surface area contributed by atoms with Gasteiger partial charge in [0.05, 0.1) is 11.1 Å². The smallest absolute Gasteiger partial charge is 0.407 e. The van der Waals surface area contributed by atoms with Crippen LogP contribution in [0.5, 0.6) is 0 Å². The third-order valence-corrected chi connectivity index (χ3v) is 4.93. The van der Waals surface area contributed by atoms with Crippen molar-refractivity contribution >= 4 is 24.1 Å². The fourth-order valence-electron chi connectivity index (χ4n) is 2.81. The maximum absolute atomic E-state index is 12.2. The second kappa shape index (κ2) is 13.3. The normalized spacial score (nSPS) is 11.1. The molecule has 10 heteroatoms. The molecule has 1 rings (SSSR count). The van der Waals surface area contributed by atoms with Crippen LogP contribution in [0.4, 0.5) is 9.59 Å². The molecule has 0 aliphatic rings. The Hall–Kier alpha value is -3.82. The molecule has 0 heterocycles. The molecule has 0 spiro atoms. The summed E-state index contributed by atoms with van der Waals surface area (Å²) in [4.78, 5) is 47.2. The van der Waals surface area contributed by atoms with Crippen LogP contribution < -0.4 is 10.6 Å². The Kier molecular flexibility index (Phi) is 11.2. The van der Waals surface area contributed by atoms with Gasteiger partial charge in [-0.25, -0.2) is 19.2 Å². The van der Waals surface area contributed by atoms with E-state index in [0.29, 0.717) is 0 Å². The summed E-state index contributed by atoms with van der Waals surface area (Å²) in [6, 6.07) is 7.33. The molecule has 1 aromatic carbocycles. The molecular formula is C26H36N2O8. The Morgan fingerprint density at radius 2 is 1.03 bits per heavy atom. The summed E-state index contributed by atoms with van der Waals surface area (Å²) < 4.78 is 20.0. The van der Waals surface area contributed by atoms with E-state index >= 15 is 0 Å². The Morgan fingerprint density at radius 1 is 0.694 bits per heavy atom. The molecule has 36 heavy (non-hydrogen) atoms. The van der Waals surface area contributed by atoms with Crippen molar-refractivity contribution in [3.8, 4) is 0 Å². The van der Waals surface area contributed by atoms with Crippen molar-refractivity contribution in [2.75, 3.05) is 26.4 Å². The van der Waals surface area contributed by atoms with Crippen LogP contribution in [-0.4, -0.2) is 50.6 Å². The highest BCUT2D eigenvalue weighted by atomic mass is 16.6. The lowest BCUT2D eigenvalue weighted by Crippen LogP contribution is -2.43. The Balaban J connectivity index is 2.67. The average molecular weight is 505 g/mol. The van der Waals surface area contributed by atoms with Crippen molar-refractivity contribution in [1.29, 1.82) is 0 Å². The van der Waals surface area contributed by atoms with Crippen LogP contribution in [0.2, 0.25) is 0 Å². The van der Waals surface area contributed by atoms with Gasteiger partial charge in [-0.1, -0.05) is 37.4 Å². The summed E-state index contributed by atoms with van der Waals surface area (Å²) in [5.74, 6) is -1.11. The number of nitrogens with one attached hydrogen (secondary N) is 2. The van der Waals surface area contributed by atoms with Crippen LogP contribution in [0.15, 0.2) is 48.6 Å². The SMILES string of the molecule is C=C(C)C(=O)OCCOC(=O)NC(C)(C)c1cccc(C(C)(C)NC(=O)OCCOC(=O)C(=C)C)c1. The molecule has 0 radical (unpaired) electrons. The molecule has 0 fully saturated rings. The number of carbonyl (C=O) groups is 4. The van der Waals surface area contributed by atoms with Gasteiger partial charge in [0.25, 0.3) is 0 Å². The molecule has 0 bridgehead atoms. The van der Waals surface area contributed by atoms with Crippen molar-refractivity contribution in [3.63, 3.8) is 0 Å². The number of hydrogen-bond acceptors (Lipinski definition) is 8. The molecular weight excluding hydrogens is 468 g/mol. The summed E-state index contributed by atoms with van der Waals surface area (Å²) in [7, 11) is 0. The molecule has 2 amide bonds. The van der Waals surface area contributed by atoms with Gasteiger partial charge in [-0.2, -0.15) is 0 Å². The number of benzene rings is 1. The van der Waals surface area contributed by atoms with Crippen molar-refractivity contribution in [2.45, 2.75) is 52.6 Å². The number of carbonyl (C=O) groups excluding carboxylic acids is 4. The topological polar surface area (TPSA) is 129 Å². The van der Waals surface area contributed by atoms with Gasteiger partial charge >= 0.3 is 24.1 Å². The highest BCUT2D eigenvalue weighted by molar-refractivity contribution is 5.87. The summed E-state index contributed by atoms with van der Waals surface area (Å²) >= 11 is 0. The number of ether oxygens (including phenoxy) is 4. The maximum Gasteiger partial charge on any atom is 0.407 e. The first-order chi connectivity index (χ1) is 16.7. The van der Waals surface area contributed by atoms with E-state index in [9.17, 15) is 19.2 Å². The van der Waals surface area contributed by atoms with Gasteiger partial charge in [0.15, 0.2) is 0 Å². The third-order valence-electron chi connectivity index (χ3n) is 4.93. The molecule has 0 saturated heterocycles. The van der Waals surface area contributed by atoms with Gasteiger partial charge in [-0.05, 0) is 52.7 Å². The number of esters is 2. The van der Waals surface area contributed by atoms with Gasteiger partial charge < -0.3 is 29.6 Å². The first-order valence-electron chi connectivity index (χ1n) is 11.3. The van der Waals surface area contributed by atoms with E-state index in [2.05, 4.69) is 23.8 Å². The first kappa shape index (κ1) is 30.2. The minimum atomic E-state index is -0.814. The molecule has 0 saturated carbocycles. The van der Waals surface area contributed by atoms with E-state index in [4.69, 9.17) is 18.9 Å². The van der Waals surface area contributed by atoms with Crippen LogP contribution in [0.1, 0.15) is 52.7 Å². The van der Waals surface area contributed by atoms with E-state index in [1.54, 1.807) is 27.7 Å². The fourth-order valence-corrected chi connectivity index (χ4v) is 2.81. The highest BCUT2D eigenvalue weighted by Gasteiger charge is 2.28. The van der Waals surface area contributed by atoms with Gasteiger partial charge in [0, 0.05) is 11.1 Å². The summed E-state index contributed by atoms with van der Waals surface area (Å²) in [6.07, 6.45) is -1.35. The Bertz CT molecular complexity index is 922. The van der Waals surface area contributed by atoms with Gasteiger partial charge in [-0.3, -0.25) is 0 Å². The lowest BCUT2D eigenvalue weighted by atomic mass is 9.87. The van der Waals surface area contributed by atoms with Crippen LogP contribution in [0, 0.1) is 0 Å². The fraction of sp³-hybridized carbons (Fsp3) is 0.462. The minimum absolute atomic E-state index is 0.0820. The molecule has 10 nitrogen and oxygen atoms in total. The lowest BCUT2D eigenvalue weighted by molar-refractivity contribution is -0.140. The van der Waals surface area contributed by atoms with Crippen LogP contribution in [0.3, 0.4) is 0 Å². The standard InChI is InChI=1S/C26H36N2O8/c1-17(2)21(29)33-12-14-35-23(31)27-25(5,6)19-10-9-11-20(16-19)26(7,8)28-24(32)36-15-13-34-22(30)18(3)4/h9-11,16H,1,3,12-15H2,2,4-8H3,(H,27,31)(H,28,32). The minimum Gasteiger partial charge on any atom is -0.459 e. The first-order valence-corrected chi connectivity index (χ1v) is 11.3. The zero-order valence-electron chi connectivity index (χ0n) is 21.8. The second-order valence-electron chi connectivity index (χ2n) is 9.19. The zero-order chi connectivity index (χ0) is 27.5. The molecule has 198 valence electrons. The largest absolute Gasteiger partial charge is 0.459 e. The molecule has 0 atom stereocenters. The van der Waals surface area contributed by atoms with Gasteiger partial charge in [0.2, 0.25) is 0 Å².